The summed E-state index contributed by atoms with van der Waals surface area (Å²) in [5.41, 5.74) is 2.58. The second-order valence-electron chi connectivity index (χ2n) is 8.15. The molecule has 2 N–H and O–H groups in total. The van der Waals surface area contributed by atoms with Crippen molar-refractivity contribution in [3.63, 3.8) is 0 Å². The van der Waals surface area contributed by atoms with Crippen molar-refractivity contribution < 1.29 is 19.0 Å². The van der Waals surface area contributed by atoms with Gasteiger partial charge in [-0.1, -0.05) is 12.2 Å². The molecule has 0 saturated carbocycles. The molecule has 1 unspecified atom stereocenters. The van der Waals surface area contributed by atoms with Gasteiger partial charge >= 0.3 is 12.0 Å². The lowest BCUT2D eigenvalue weighted by Crippen LogP contribution is -2.31. The monoisotopic (exact) mass is 433 g/mol. The van der Waals surface area contributed by atoms with E-state index < -0.39 is 17.6 Å². The highest BCUT2D eigenvalue weighted by Crippen LogP contribution is 2.33. The van der Waals surface area contributed by atoms with Crippen molar-refractivity contribution in [2.75, 3.05) is 6.61 Å². The van der Waals surface area contributed by atoms with Crippen molar-refractivity contribution in [2.24, 2.45) is 5.41 Å². The maximum atomic E-state index is 15.0. The number of carboxylic acids is 1. The molecule has 0 radical (unpaired) electrons. The summed E-state index contributed by atoms with van der Waals surface area (Å²) in [6.07, 6.45) is 5.37. The molecule has 1 aliphatic carbocycles. The number of aliphatic carboxylic acids is 1. The van der Waals surface area contributed by atoms with E-state index in [9.17, 15) is 4.79 Å². The first-order valence-corrected chi connectivity index (χ1v) is 9.90. The second kappa shape index (κ2) is 8.23. The van der Waals surface area contributed by atoms with Gasteiger partial charge in [-0.05, 0) is 37.6 Å². The largest absolute Gasteiger partial charge is 0.481 e. The fraction of sp³-hybridized carbons (Fsp3) is 0.261. The van der Waals surface area contributed by atoms with Gasteiger partial charge in [0.15, 0.2) is 0 Å². The lowest BCUT2D eigenvalue weighted by molar-refractivity contribution is -0.148. The van der Waals surface area contributed by atoms with Crippen molar-refractivity contribution in [3.05, 3.63) is 59.7 Å². The van der Waals surface area contributed by atoms with Crippen LogP contribution < -0.4 is 4.74 Å². The van der Waals surface area contributed by atoms with Gasteiger partial charge in [-0.15, -0.1) is 0 Å². The molecule has 8 nitrogen and oxygen atoms in total. The van der Waals surface area contributed by atoms with E-state index in [0.717, 1.165) is 5.57 Å². The van der Waals surface area contributed by atoms with Crippen LogP contribution in [0.2, 0.25) is 0 Å². The van der Waals surface area contributed by atoms with Gasteiger partial charge in [0.25, 0.3) is 0 Å². The minimum absolute atomic E-state index is 0.0616. The van der Waals surface area contributed by atoms with Crippen molar-refractivity contribution >= 4 is 28.1 Å². The summed E-state index contributed by atoms with van der Waals surface area (Å²) in [6, 6.07) is 7.21. The molecule has 0 aliphatic heterocycles. The minimum atomic E-state index is -1.28. The summed E-state index contributed by atoms with van der Waals surface area (Å²) < 4.78 is 20.4. The van der Waals surface area contributed by atoms with Crippen LogP contribution in [-0.2, 0) is 4.79 Å². The number of fused-ring (bicyclic) bond motifs is 1. The Labute approximate surface area is 183 Å². The van der Waals surface area contributed by atoms with Crippen molar-refractivity contribution in [1.29, 1.82) is 5.26 Å². The molecule has 162 valence electrons. The molecule has 32 heavy (non-hydrogen) atoms. The smallest absolute Gasteiger partial charge is 0.316 e. The predicted octanol–water partition coefficient (Wildman–Crippen LogP) is 3.92. The third kappa shape index (κ3) is 4.21. The number of carbonyl (C=O) groups is 1. The zero-order valence-corrected chi connectivity index (χ0v) is 17.5. The molecule has 0 spiro atoms. The normalized spacial score (nSPS) is 16.2. The third-order valence-corrected chi connectivity index (χ3v) is 5.23. The van der Waals surface area contributed by atoms with Gasteiger partial charge in [-0.2, -0.15) is 5.26 Å². The summed E-state index contributed by atoms with van der Waals surface area (Å²) in [7, 11) is 0. The Morgan fingerprint density at radius 1 is 1.34 bits per heavy atom. The number of alkyl halides is 1. The lowest BCUT2D eigenvalue weighted by atomic mass is 9.93. The standard InChI is InChI=1S/C23H20FN5O3/c1-23(2,21(30)31)12-32-22-26-10-15(11-27-22)14-4-5-16(17(24)8-14)20-28-18-6-3-13(9-25)7-19(18)29-20/h3-7,10-11,17H,8,12H2,1-2H3,(H,28,29)(H,30,31). The maximum absolute atomic E-state index is 15.0. The van der Waals surface area contributed by atoms with Crippen LogP contribution in [0.25, 0.3) is 22.2 Å². The number of H-pyrrole nitrogens is 1. The number of hydrogen-bond donors (Lipinski definition) is 2. The van der Waals surface area contributed by atoms with Gasteiger partial charge in [-0.25, -0.2) is 19.3 Å². The van der Waals surface area contributed by atoms with Gasteiger partial charge in [0.2, 0.25) is 0 Å². The number of halogens is 1. The molecule has 0 saturated heterocycles. The Hall–Kier alpha value is -4.06. The minimum Gasteiger partial charge on any atom is -0.481 e. The molecule has 0 bridgehead atoms. The van der Waals surface area contributed by atoms with Gasteiger partial charge in [-0.3, -0.25) is 4.79 Å². The number of hydrogen-bond acceptors (Lipinski definition) is 6. The van der Waals surface area contributed by atoms with Gasteiger partial charge < -0.3 is 14.8 Å². The van der Waals surface area contributed by atoms with E-state index in [1.165, 1.54) is 12.4 Å². The number of nitrogens with zero attached hydrogens (tertiary/aromatic N) is 4. The number of aromatic amines is 1. The molecule has 1 atom stereocenters. The molecular weight excluding hydrogens is 413 g/mol. The summed E-state index contributed by atoms with van der Waals surface area (Å²) in [5.74, 6) is -0.549. The summed E-state index contributed by atoms with van der Waals surface area (Å²) in [5, 5.41) is 18.2. The molecule has 1 aromatic carbocycles. The Morgan fingerprint density at radius 2 is 2.09 bits per heavy atom. The average molecular weight is 433 g/mol. The zero-order valence-electron chi connectivity index (χ0n) is 17.5. The van der Waals surface area contributed by atoms with Crippen LogP contribution in [0.3, 0.4) is 0 Å². The van der Waals surface area contributed by atoms with E-state index in [2.05, 4.69) is 26.0 Å². The first kappa shape index (κ1) is 21.2. The van der Waals surface area contributed by atoms with Crippen LogP contribution in [-0.4, -0.2) is 43.8 Å². The summed E-state index contributed by atoms with van der Waals surface area (Å²) >= 11 is 0. The SMILES string of the molecule is CC(C)(COc1ncc(C2=CC=C(c3nc4ccc(C#N)cc4[nH]3)C(F)C2)cn1)C(=O)O. The number of carboxylic acid groups (broad SMARTS) is 1. The van der Waals surface area contributed by atoms with E-state index >= 15 is 4.39 Å². The molecule has 3 aromatic rings. The highest BCUT2D eigenvalue weighted by atomic mass is 19.1. The van der Waals surface area contributed by atoms with Crippen LogP contribution in [0.15, 0.2) is 42.7 Å². The average Bonchev–Trinajstić information content (AvgIpc) is 3.20. The number of nitrogens with one attached hydrogen (secondary N) is 1. The van der Waals surface area contributed by atoms with Gasteiger partial charge in [0, 0.05) is 30.0 Å². The highest BCUT2D eigenvalue weighted by molar-refractivity contribution is 5.83. The van der Waals surface area contributed by atoms with Crippen LogP contribution >= 0.6 is 0 Å². The molecule has 1 aliphatic rings. The van der Waals surface area contributed by atoms with Gasteiger partial charge in [0.05, 0.1) is 28.1 Å². The number of benzene rings is 1. The van der Waals surface area contributed by atoms with Crippen molar-refractivity contribution in [2.45, 2.75) is 26.4 Å². The van der Waals surface area contributed by atoms with E-state index in [1.54, 1.807) is 44.2 Å². The topological polar surface area (TPSA) is 125 Å². The van der Waals surface area contributed by atoms with E-state index in [-0.39, 0.29) is 19.0 Å². The first-order chi connectivity index (χ1) is 15.3. The van der Waals surface area contributed by atoms with Crippen LogP contribution in [0, 0.1) is 16.7 Å². The van der Waals surface area contributed by atoms with E-state index in [0.29, 0.717) is 33.6 Å². The Morgan fingerprint density at radius 3 is 2.75 bits per heavy atom. The van der Waals surface area contributed by atoms with E-state index in [4.69, 9.17) is 15.1 Å². The molecule has 0 amide bonds. The number of nitriles is 1. The Kier molecular flexibility index (Phi) is 5.45. The number of allylic oxidation sites excluding steroid dienone is 4. The number of imidazole rings is 1. The molecule has 2 aromatic heterocycles. The molecule has 9 heteroatoms. The molecule has 2 heterocycles. The molecular formula is C23H20FN5O3. The summed E-state index contributed by atoms with van der Waals surface area (Å²) in [6.45, 7) is 3.02. The van der Waals surface area contributed by atoms with Crippen molar-refractivity contribution in [3.8, 4) is 12.1 Å². The lowest BCUT2D eigenvalue weighted by Gasteiger charge is -2.19. The number of rotatable bonds is 6. The third-order valence-electron chi connectivity index (χ3n) is 5.23. The second-order valence-corrected chi connectivity index (χ2v) is 8.15. The van der Waals surface area contributed by atoms with Crippen LogP contribution in [0.1, 0.15) is 37.2 Å². The fourth-order valence-electron chi connectivity index (χ4n) is 3.19. The maximum Gasteiger partial charge on any atom is 0.316 e. The van der Waals surface area contributed by atoms with E-state index in [1.807, 2.05) is 0 Å². The number of aromatic nitrogens is 4. The van der Waals surface area contributed by atoms with Gasteiger partial charge in [0.1, 0.15) is 18.6 Å². The quantitative estimate of drug-likeness (QED) is 0.603. The molecule has 4 rings (SSSR count). The summed E-state index contributed by atoms with van der Waals surface area (Å²) in [4.78, 5) is 26.9. The predicted molar refractivity (Wildman–Crippen MR) is 115 cm³/mol. The Bertz CT molecular complexity index is 1290. The molecule has 0 fully saturated rings. The highest BCUT2D eigenvalue weighted by Gasteiger charge is 2.28. The Balaban J connectivity index is 1.52. The van der Waals surface area contributed by atoms with Crippen LogP contribution in [0.5, 0.6) is 6.01 Å². The van der Waals surface area contributed by atoms with Crippen LogP contribution in [0.4, 0.5) is 4.39 Å². The van der Waals surface area contributed by atoms with Crippen molar-refractivity contribution in [1.82, 2.24) is 19.9 Å². The zero-order chi connectivity index (χ0) is 22.9. The first-order valence-electron chi connectivity index (χ1n) is 9.90. The number of ether oxygens (including phenoxy) is 1. The fourth-order valence-corrected chi connectivity index (χ4v) is 3.19.